The quantitative estimate of drug-likeness (QED) is 0.714. The third kappa shape index (κ3) is 2.25. The number of hydrogen-bond acceptors (Lipinski definition) is 3. The zero-order valence-electron chi connectivity index (χ0n) is 9.60. The number of carbonyl (C=O) groups is 1. The van der Waals surface area contributed by atoms with Gasteiger partial charge >= 0.3 is 0 Å². The normalized spacial score (nSPS) is 16.9. The lowest BCUT2D eigenvalue weighted by atomic mass is 10.0. The van der Waals surface area contributed by atoms with Gasteiger partial charge in [0.2, 0.25) is 0 Å². The van der Waals surface area contributed by atoms with E-state index in [-0.39, 0.29) is 11.9 Å². The maximum atomic E-state index is 12.1. The van der Waals surface area contributed by atoms with Crippen molar-refractivity contribution < 1.29 is 14.3 Å². The standard InChI is InChI=1S/C13H16O3/c1-15-11-5-3-4-10(8-11)12(14)13(16-2)9-6-7-9/h3-5,8-9,13H,6-7H2,1-2H3. The van der Waals surface area contributed by atoms with Crippen LogP contribution in [0, 0.1) is 5.92 Å². The van der Waals surface area contributed by atoms with E-state index in [1.807, 2.05) is 12.1 Å². The van der Waals surface area contributed by atoms with E-state index in [4.69, 9.17) is 9.47 Å². The minimum Gasteiger partial charge on any atom is -0.497 e. The smallest absolute Gasteiger partial charge is 0.191 e. The minimum atomic E-state index is -0.285. The molecule has 1 atom stereocenters. The molecule has 0 bridgehead atoms. The molecular formula is C13H16O3. The van der Waals surface area contributed by atoms with E-state index in [9.17, 15) is 4.79 Å². The Bertz CT molecular complexity index is 383. The van der Waals surface area contributed by atoms with Gasteiger partial charge in [0.1, 0.15) is 11.9 Å². The molecule has 0 N–H and O–H groups in total. The molecule has 1 aliphatic rings. The van der Waals surface area contributed by atoms with Crippen LogP contribution in [0.4, 0.5) is 0 Å². The van der Waals surface area contributed by atoms with Crippen LogP contribution in [0.3, 0.4) is 0 Å². The van der Waals surface area contributed by atoms with Gasteiger partial charge in [-0.05, 0) is 30.9 Å². The largest absolute Gasteiger partial charge is 0.497 e. The lowest BCUT2D eigenvalue weighted by Crippen LogP contribution is -2.25. The fraction of sp³-hybridized carbons (Fsp3) is 0.462. The molecule has 16 heavy (non-hydrogen) atoms. The molecule has 1 unspecified atom stereocenters. The first kappa shape index (κ1) is 11.1. The maximum Gasteiger partial charge on any atom is 0.191 e. The van der Waals surface area contributed by atoms with E-state index >= 15 is 0 Å². The van der Waals surface area contributed by atoms with Crippen molar-refractivity contribution in [1.82, 2.24) is 0 Å². The number of rotatable bonds is 5. The van der Waals surface area contributed by atoms with Crippen LogP contribution in [-0.4, -0.2) is 26.1 Å². The lowest BCUT2D eigenvalue weighted by molar-refractivity contribution is 0.0539. The average molecular weight is 220 g/mol. The first-order chi connectivity index (χ1) is 7.76. The van der Waals surface area contributed by atoms with Crippen molar-refractivity contribution in [3.05, 3.63) is 29.8 Å². The Balaban J connectivity index is 2.18. The molecule has 0 aromatic heterocycles. The van der Waals surface area contributed by atoms with E-state index < -0.39 is 0 Å². The van der Waals surface area contributed by atoms with Gasteiger partial charge in [0.25, 0.3) is 0 Å². The van der Waals surface area contributed by atoms with Crippen LogP contribution in [-0.2, 0) is 4.74 Å². The molecule has 0 heterocycles. The van der Waals surface area contributed by atoms with Gasteiger partial charge in [-0.25, -0.2) is 0 Å². The second kappa shape index (κ2) is 4.66. The van der Waals surface area contributed by atoms with Crippen LogP contribution >= 0.6 is 0 Å². The fourth-order valence-corrected chi connectivity index (χ4v) is 1.85. The van der Waals surface area contributed by atoms with Crippen LogP contribution in [0.15, 0.2) is 24.3 Å². The predicted octanol–water partition coefficient (Wildman–Crippen LogP) is 2.30. The highest BCUT2D eigenvalue weighted by Crippen LogP contribution is 2.35. The molecule has 3 heteroatoms. The number of methoxy groups -OCH3 is 2. The Morgan fingerprint density at radius 1 is 1.38 bits per heavy atom. The Kier molecular flexibility index (Phi) is 3.25. The van der Waals surface area contributed by atoms with E-state index in [0.717, 1.165) is 12.8 Å². The van der Waals surface area contributed by atoms with E-state index in [1.165, 1.54) is 0 Å². The van der Waals surface area contributed by atoms with Crippen LogP contribution in [0.5, 0.6) is 5.75 Å². The van der Waals surface area contributed by atoms with Gasteiger partial charge in [-0.3, -0.25) is 4.79 Å². The van der Waals surface area contributed by atoms with Crippen molar-refractivity contribution in [2.45, 2.75) is 18.9 Å². The van der Waals surface area contributed by atoms with Gasteiger partial charge in [-0.2, -0.15) is 0 Å². The number of benzene rings is 1. The van der Waals surface area contributed by atoms with Gasteiger partial charge in [-0.15, -0.1) is 0 Å². The third-order valence-corrected chi connectivity index (χ3v) is 2.92. The predicted molar refractivity (Wildman–Crippen MR) is 60.8 cm³/mol. The topological polar surface area (TPSA) is 35.5 Å². The zero-order chi connectivity index (χ0) is 11.5. The highest BCUT2D eigenvalue weighted by molar-refractivity contribution is 6.00. The van der Waals surface area contributed by atoms with Crippen molar-refractivity contribution >= 4 is 5.78 Å². The summed E-state index contributed by atoms with van der Waals surface area (Å²) in [6, 6.07) is 7.22. The summed E-state index contributed by atoms with van der Waals surface area (Å²) in [6.07, 6.45) is 1.90. The van der Waals surface area contributed by atoms with Crippen molar-refractivity contribution in [1.29, 1.82) is 0 Å². The molecule has 86 valence electrons. The molecule has 1 saturated carbocycles. The summed E-state index contributed by atoms with van der Waals surface area (Å²) in [6.45, 7) is 0. The molecule has 0 saturated heterocycles. The molecular weight excluding hydrogens is 204 g/mol. The Hall–Kier alpha value is -1.35. The van der Waals surface area contributed by atoms with Crippen LogP contribution in [0.2, 0.25) is 0 Å². The van der Waals surface area contributed by atoms with Crippen molar-refractivity contribution in [3.8, 4) is 5.75 Å². The highest BCUT2D eigenvalue weighted by Gasteiger charge is 2.36. The van der Waals surface area contributed by atoms with E-state index in [2.05, 4.69) is 0 Å². The SMILES string of the molecule is COc1cccc(C(=O)C(OC)C2CC2)c1. The molecule has 3 nitrogen and oxygen atoms in total. The zero-order valence-corrected chi connectivity index (χ0v) is 9.60. The molecule has 0 aliphatic heterocycles. The first-order valence-electron chi connectivity index (χ1n) is 5.47. The number of ketones is 1. The molecule has 2 rings (SSSR count). The molecule has 0 amide bonds. The molecule has 1 aromatic rings. The summed E-state index contributed by atoms with van der Waals surface area (Å²) >= 11 is 0. The molecule has 0 spiro atoms. The summed E-state index contributed by atoms with van der Waals surface area (Å²) < 4.78 is 10.4. The Labute approximate surface area is 95.4 Å². The van der Waals surface area contributed by atoms with Crippen LogP contribution < -0.4 is 4.74 Å². The Morgan fingerprint density at radius 2 is 2.12 bits per heavy atom. The summed E-state index contributed by atoms with van der Waals surface area (Å²) in [5.74, 6) is 1.17. The third-order valence-electron chi connectivity index (χ3n) is 2.92. The second-order valence-corrected chi connectivity index (χ2v) is 4.09. The minimum absolute atomic E-state index is 0.0592. The molecule has 0 radical (unpaired) electrons. The van der Waals surface area contributed by atoms with Gasteiger partial charge in [0.05, 0.1) is 7.11 Å². The maximum absolute atomic E-state index is 12.1. The lowest BCUT2D eigenvalue weighted by Gasteiger charge is -2.13. The fourth-order valence-electron chi connectivity index (χ4n) is 1.85. The van der Waals surface area contributed by atoms with Crippen LogP contribution in [0.1, 0.15) is 23.2 Å². The summed E-state index contributed by atoms with van der Waals surface area (Å²) in [4.78, 5) is 12.1. The Morgan fingerprint density at radius 3 is 2.69 bits per heavy atom. The van der Waals surface area contributed by atoms with Crippen molar-refractivity contribution in [2.24, 2.45) is 5.92 Å². The monoisotopic (exact) mass is 220 g/mol. The van der Waals surface area contributed by atoms with E-state index in [0.29, 0.717) is 17.2 Å². The number of Topliss-reactive ketones (excluding diaryl/α,β-unsaturated/α-hetero) is 1. The van der Waals surface area contributed by atoms with Gasteiger partial charge < -0.3 is 9.47 Å². The highest BCUT2D eigenvalue weighted by atomic mass is 16.5. The number of carbonyl (C=O) groups excluding carboxylic acids is 1. The molecule has 1 aliphatic carbocycles. The summed E-state index contributed by atoms with van der Waals surface area (Å²) in [5.41, 5.74) is 0.665. The molecule has 1 fully saturated rings. The van der Waals surface area contributed by atoms with Crippen molar-refractivity contribution in [3.63, 3.8) is 0 Å². The summed E-state index contributed by atoms with van der Waals surface area (Å²) in [7, 11) is 3.19. The average Bonchev–Trinajstić information content (AvgIpc) is 3.14. The van der Waals surface area contributed by atoms with Crippen molar-refractivity contribution in [2.75, 3.05) is 14.2 Å². The van der Waals surface area contributed by atoms with Gasteiger partial charge in [0, 0.05) is 12.7 Å². The number of hydrogen-bond donors (Lipinski definition) is 0. The van der Waals surface area contributed by atoms with Gasteiger partial charge in [0.15, 0.2) is 5.78 Å². The van der Waals surface area contributed by atoms with E-state index in [1.54, 1.807) is 26.4 Å². The second-order valence-electron chi connectivity index (χ2n) is 4.09. The summed E-state index contributed by atoms with van der Waals surface area (Å²) in [5, 5.41) is 0. The van der Waals surface area contributed by atoms with Crippen LogP contribution in [0.25, 0.3) is 0 Å². The first-order valence-corrected chi connectivity index (χ1v) is 5.47. The number of ether oxygens (including phenoxy) is 2. The molecule has 1 aromatic carbocycles. The van der Waals surface area contributed by atoms with Gasteiger partial charge in [-0.1, -0.05) is 12.1 Å².